The highest BCUT2D eigenvalue weighted by molar-refractivity contribution is 7.89. The van der Waals surface area contributed by atoms with Crippen molar-refractivity contribution in [2.45, 2.75) is 24.4 Å². The highest BCUT2D eigenvalue weighted by Gasteiger charge is 2.42. The van der Waals surface area contributed by atoms with E-state index in [9.17, 15) is 16.8 Å². The zero-order valence-corrected chi connectivity index (χ0v) is 17.7. The molecule has 1 aliphatic heterocycles. The molecule has 0 aromatic heterocycles. The largest absolute Gasteiger partial charge is 0.497 e. The fourth-order valence-corrected chi connectivity index (χ4v) is 6.06. The van der Waals surface area contributed by atoms with Crippen LogP contribution in [0.5, 0.6) is 5.75 Å². The predicted molar refractivity (Wildman–Crippen MR) is 107 cm³/mol. The van der Waals surface area contributed by atoms with Crippen molar-refractivity contribution in [2.75, 3.05) is 26.5 Å². The lowest BCUT2D eigenvalue weighted by atomic mass is 10.1. The van der Waals surface area contributed by atoms with E-state index in [4.69, 9.17) is 4.74 Å². The molecule has 1 atom stereocenters. The van der Waals surface area contributed by atoms with Crippen molar-refractivity contribution in [3.63, 3.8) is 0 Å². The second-order valence-electron chi connectivity index (χ2n) is 6.80. The van der Waals surface area contributed by atoms with Crippen LogP contribution in [-0.4, -0.2) is 51.9 Å². The van der Waals surface area contributed by atoms with E-state index in [0.29, 0.717) is 17.7 Å². The Balaban J connectivity index is 2.11. The summed E-state index contributed by atoms with van der Waals surface area (Å²) in [5.41, 5.74) is 1.52. The first kappa shape index (κ1) is 20.8. The monoisotopic (exact) mass is 424 g/mol. The van der Waals surface area contributed by atoms with Gasteiger partial charge in [0.1, 0.15) is 11.9 Å². The molecular weight excluding hydrogens is 400 g/mol. The van der Waals surface area contributed by atoms with Crippen molar-refractivity contribution in [1.82, 2.24) is 8.61 Å². The van der Waals surface area contributed by atoms with Gasteiger partial charge in [0.15, 0.2) is 0 Å². The van der Waals surface area contributed by atoms with Crippen LogP contribution in [0.2, 0.25) is 0 Å². The third kappa shape index (κ3) is 4.07. The first-order valence-electron chi connectivity index (χ1n) is 8.84. The van der Waals surface area contributed by atoms with Crippen LogP contribution in [-0.2, 0) is 20.0 Å². The number of nitrogens with zero attached hydrogens (tertiary/aromatic N) is 2. The Hall–Kier alpha value is -1.94. The Morgan fingerprint density at radius 3 is 2.00 bits per heavy atom. The number of sulfonamides is 2. The van der Waals surface area contributed by atoms with Gasteiger partial charge < -0.3 is 4.74 Å². The van der Waals surface area contributed by atoms with Crippen molar-refractivity contribution >= 4 is 20.0 Å². The van der Waals surface area contributed by atoms with Crippen LogP contribution in [0.25, 0.3) is 0 Å². The van der Waals surface area contributed by atoms with Crippen LogP contribution in [0.3, 0.4) is 0 Å². The van der Waals surface area contributed by atoms with E-state index in [1.54, 1.807) is 48.5 Å². The molecule has 0 aliphatic carbocycles. The fourth-order valence-electron chi connectivity index (χ4n) is 3.32. The van der Waals surface area contributed by atoms with Crippen LogP contribution in [0.15, 0.2) is 53.4 Å². The summed E-state index contributed by atoms with van der Waals surface area (Å²) in [6.07, 6.45) is 0.581. The van der Waals surface area contributed by atoms with Crippen molar-refractivity contribution in [2.24, 2.45) is 0 Å². The molecule has 2 aromatic rings. The third-order valence-electron chi connectivity index (χ3n) is 4.77. The molecule has 152 valence electrons. The summed E-state index contributed by atoms with van der Waals surface area (Å²) in [5, 5.41) is 0. The van der Waals surface area contributed by atoms with Gasteiger partial charge in [0.2, 0.25) is 20.0 Å². The normalized spacial score (nSPS) is 19.5. The maximum Gasteiger partial charge on any atom is 0.244 e. The third-order valence-corrected chi connectivity index (χ3v) is 7.87. The summed E-state index contributed by atoms with van der Waals surface area (Å²) in [6, 6.07) is 13.4. The van der Waals surface area contributed by atoms with Gasteiger partial charge in [-0.2, -0.15) is 8.61 Å². The summed E-state index contributed by atoms with van der Waals surface area (Å²) in [5.74, 6) is 0.610. The van der Waals surface area contributed by atoms with E-state index in [2.05, 4.69) is 0 Å². The zero-order chi connectivity index (χ0) is 20.5. The predicted octanol–water partition coefficient (Wildman–Crippen LogP) is 2.36. The second kappa shape index (κ2) is 7.82. The number of rotatable bonds is 5. The van der Waals surface area contributed by atoms with Gasteiger partial charge in [0.25, 0.3) is 0 Å². The number of hydrogen-bond donors (Lipinski definition) is 0. The van der Waals surface area contributed by atoms with Gasteiger partial charge in [-0.05, 0) is 43.2 Å². The van der Waals surface area contributed by atoms with Gasteiger partial charge in [-0.1, -0.05) is 29.8 Å². The molecule has 9 heteroatoms. The van der Waals surface area contributed by atoms with Crippen LogP contribution in [0, 0.1) is 6.92 Å². The van der Waals surface area contributed by atoms with E-state index < -0.39 is 26.2 Å². The Bertz CT molecular complexity index is 1030. The second-order valence-corrected chi connectivity index (χ2v) is 10.6. The number of methoxy groups -OCH3 is 1. The van der Waals surface area contributed by atoms with Crippen molar-refractivity contribution in [1.29, 1.82) is 0 Å². The molecule has 28 heavy (non-hydrogen) atoms. The van der Waals surface area contributed by atoms with E-state index in [-0.39, 0.29) is 18.0 Å². The molecule has 7 nitrogen and oxygen atoms in total. The fraction of sp³-hybridized carbons (Fsp3) is 0.368. The molecule has 2 aromatic carbocycles. The maximum absolute atomic E-state index is 13.4. The first-order chi connectivity index (χ1) is 13.1. The number of ether oxygens (including phenoxy) is 1. The first-order valence-corrected chi connectivity index (χ1v) is 12.1. The molecule has 0 spiro atoms. The minimum Gasteiger partial charge on any atom is -0.497 e. The number of hydrogen-bond acceptors (Lipinski definition) is 5. The Morgan fingerprint density at radius 1 is 0.893 bits per heavy atom. The standard InChI is InChI=1S/C19H24N2O5S2/c1-15-5-11-18(12-6-15)28(24,25)21-14-4-13-20(27(3,22)23)19(21)16-7-9-17(26-2)10-8-16/h5-12,19H,4,13-14H2,1-3H3/t19-/m1/s1. The molecule has 0 unspecified atom stereocenters. The average molecular weight is 425 g/mol. The molecular formula is C19H24N2O5S2. The molecule has 0 bridgehead atoms. The lowest BCUT2D eigenvalue weighted by Crippen LogP contribution is -2.51. The van der Waals surface area contributed by atoms with Gasteiger partial charge in [-0.25, -0.2) is 16.8 Å². The zero-order valence-electron chi connectivity index (χ0n) is 16.1. The van der Waals surface area contributed by atoms with Crippen molar-refractivity contribution < 1.29 is 21.6 Å². The molecule has 0 N–H and O–H groups in total. The maximum atomic E-state index is 13.4. The summed E-state index contributed by atoms with van der Waals surface area (Å²) in [4.78, 5) is 0.145. The minimum absolute atomic E-state index is 0.145. The van der Waals surface area contributed by atoms with Crippen LogP contribution < -0.4 is 4.74 Å². The highest BCUT2D eigenvalue weighted by atomic mass is 32.2. The number of aryl methyl sites for hydroxylation is 1. The van der Waals surface area contributed by atoms with Gasteiger partial charge in [-0.15, -0.1) is 0 Å². The molecule has 0 radical (unpaired) electrons. The SMILES string of the molecule is COc1ccc([C@@H]2N(S(C)(=O)=O)CCCN2S(=O)(=O)c2ccc(C)cc2)cc1. The lowest BCUT2D eigenvalue weighted by Gasteiger charge is -2.41. The van der Waals surface area contributed by atoms with Crippen LogP contribution in [0.4, 0.5) is 0 Å². The van der Waals surface area contributed by atoms with Crippen molar-refractivity contribution in [3.8, 4) is 5.75 Å². The van der Waals surface area contributed by atoms with E-state index in [1.165, 1.54) is 15.7 Å². The molecule has 1 heterocycles. The minimum atomic E-state index is -3.89. The van der Waals surface area contributed by atoms with Gasteiger partial charge in [-0.3, -0.25) is 0 Å². The van der Waals surface area contributed by atoms with E-state index >= 15 is 0 Å². The quantitative estimate of drug-likeness (QED) is 0.736. The smallest absolute Gasteiger partial charge is 0.244 e. The molecule has 0 amide bonds. The summed E-state index contributed by atoms with van der Waals surface area (Å²) in [7, 11) is -5.98. The average Bonchev–Trinajstić information content (AvgIpc) is 2.67. The molecule has 0 saturated carbocycles. The van der Waals surface area contributed by atoms with Gasteiger partial charge in [0.05, 0.1) is 18.3 Å². The highest BCUT2D eigenvalue weighted by Crippen LogP contribution is 2.36. The Kier molecular flexibility index (Phi) is 5.81. The van der Waals surface area contributed by atoms with E-state index in [0.717, 1.165) is 11.8 Å². The van der Waals surface area contributed by atoms with Crippen LogP contribution in [0.1, 0.15) is 23.7 Å². The lowest BCUT2D eigenvalue weighted by molar-refractivity contribution is 0.136. The molecule has 1 aliphatic rings. The topological polar surface area (TPSA) is 84.0 Å². The van der Waals surface area contributed by atoms with E-state index in [1.807, 2.05) is 6.92 Å². The Labute approximate surface area is 166 Å². The molecule has 3 rings (SSSR count). The summed E-state index contributed by atoms with van der Waals surface area (Å²) >= 11 is 0. The molecule has 1 fully saturated rings. The van der Waals surface area contributed by atoms with Gasteiger partial charge in [0, 0.05) is 13.1 Å². The summed E-state index contributed by atoms with van der Waals surface area (Å²) < 4.78 is 59.2. The van der Waals surface area contributed by atoms with Crippen LogP contribution >= 0.6 is 0 Å². The number of benzene rings is 2. The Morgan fingerprint density at radius 2 is 1.46 bits per heavy atom. The summed E-state index contributed by atoms with van der Waals surface area (Å²) in [6.45, 7) is 2.37. The molecule has 1 saturated heterocycles. The van der Waals surface area contributed by atoms with Crippen molar-refractivity contribution in [3.05, 3.63) is 59.7 Å². The van der Waals surface area contributed by atoms with Gasteiger partial charge >= 0.3 is 0 Å².